The molecule has 2 N–H and O–H groups in total. The maximum absolute atomic E-state index is 6.37. The number of anilines is 1. The smallest absolute Gasteiger partial charge is 0.153 e. The molecule has 180 valence electrons. The third-order valence-corrected chi connectivity index (χ3v) is 7.46. The van der Waals surface area contributed by atoms with Crippen molar-refractivity contribution in [2.45, 2.75) is 44.6 Å². The molecule has 0 bridgehead atoms. The number of hydrogen-bond donors (Lipinski definition) is 1. The van der Waals surface area contributed by atoms with Gasteiger partial charge in [-0.25, -0.2) is 14.5 Å². The van der Waals surface area contributed by atoms with E-state index >= 15 is 0 Å². The minimum atomic E-state index is 0.385. The summed E-state index contributed by atoms with van der Waals surface area (Å²) in [5.74, 6) is 3.37. The van der Waals surface area contributed by atoms with Crippen LogP contribution in [0.1, 0.15) is 49.4 Å². The molecule has 2 aromatic carbocycles. The summed E-state index contributed by atoms with van der Waals surface area (Å²) < 4.78 is 8.01. The topological polar surface area (TPSA) is 81.6 Å². The van der Waals surface area contributed by atoms with E-state index in [-0.39, 0.29) is 0 Å². The Morgan fingerprint density at radius 1 is 1.00 bits per heavy atom. The van der Waals surface area contributed by atoms with Gasteiger partial charge in [0.15, 0.2) is 5.82 Å². The second kappa shape index (κ2) is 9.66. The van der Waals surface area contributed by atoms with Crippen LogP contribution in [0.2, 0.25) is 0 Å². The van der Waals surface area contributed by atoms with Gasteiger partial charge < -0.3 is 15.4 Å². The van der Waals surface area contributed by atoms with Crippen molar-refractivity contribution in [3.8, 4) is 17.0 Å². The highest BCUT2D eigenvalue weighted by Gasteiger charge is 2.32. The largest absolute Gasteiger partial charge is 0.489 e. The van der Waals surface area contributed by atoms with Crippen LogP contribution in [0.4, 0.5) is 5.82 Å². The lowest BCUT2D eigenvalue weighted by atomic mass is 10.0. The number of likely N-dealkylation sites (tertiary alicyclic amines) is 1. The molecule has 2 unspecified atom stereocenters. The fraction of sp³-hybridized carbons (Fsp3) is 0.393. The summed E-state index contributed by atoms with van der Waals surface area (Å²) in [6.07, 6.45) is 7.76. The summed E-state index contributed by atoms with van der Waals surface area (Å²) in [5, 5.41) is 4.58. The molecule has 0 radical (unpaired) electrons. The molecule has 6 rings (SSSR count). The first-order chi connectivity index (χ1) is 17.2. The van der Waals surface area contributed by atoms with Crippen LogP contribution in [-0.2, 0) is 6.61 Å². The van der Waals surface area contributed by atoms with Crippen molar-refractivity contribution in [2.75, 3.05) is 25.4 Å². The van der Waals surface area contributed by atoms with E-state index in [1.807, 2.05) is 40.9 Å². The van der Waals surface area contributed by atoms with Crippen LogP contribution in [0.3, 0.4) is 0 Å². The standard InChI is InChI=1S/C28H32N6O/c29-27-26-25(22-9-6-10-24(16-22)35-18-20-7-2-1-3-8-20)32-28(34(26)31-19-30-27)23-12-11-21(15-23)17-33-13-4-5-14-33/h1-3,6-10,16,19,21,23H,4-5,11-15,17-18H2,(H2,29,30,31). The van der Waals surface area contributed by atoms with E-state index in [2.05, 4.69) is 33.2 Å². The Morgan fingerprint density at radius 2 is 1.86 bits per heavy atom. The van der Waals surface area contributed by atoms with E-state index in [1.54, 1.807) is 0 Å². The number of imidazole rings is 1. The molecular formula is C28H32N6O. The zero-order valence-corrected chi connectivity index (χ0v) is 20.0. The second-order valence-electron chi connectivity index (χ2n) is 9.91. The first-order valence-electron chi connectivity index (χ1n) is 12.7. The average molecular weight is 469 g/mol. The van der Waals surface area contributed by atoms with Gasteiger partial charge in [0, 0.05) is 18.0 Å². The molecule has 1 aliphatic heterocycles. The number of hydrogen-bond acceptors (Lipinski definition) is 6. The minimum absolute atomic E-state index is 0.385. The van der Waals surface area contributed by atoms with Gasteiger partial charge >= 0.3 is 0 Å². The third kappa shape index (κ3) is 4.60. The SMILES string of the molecule is Nc1ncnn2c(C3CCC(CN4CCCC4)C3)nc(-c3cccc(OCc4ccccc4)c3)c12. The van der Waals surface area contributed by atoms with Gasteiger partial charge in [-0.15, -0.1) is 0 Å². The van der Waals surface area contributed by atoms with Gasteiger partial charge in [-0.3, -0.25) is 0 Å². The Kier molecular flexibility index (Phi) is 6.08. The van der Waals surface area contributed by atoms with E-state index in [9.17, 15) is 0 Å². The van der Waals surface area contributed by atoms with Crippen LogP contribution in [-0.4, -0.2) is 44.1 Å². The van der Waals surface area contributed by atoms with Crippen molar-refractivity contribution >= 4 is 11.3 Å². The van der Waals surface area contributed by atoms with Gasteiger partial charge in [0.25, 0.3) is 0 Å². The number of fused-ring (bicyclic) bond motifs is 1. The predicted molar refractivity (Wildman–Crippen MR) is 137 cm³/mol. The first kappa shape index (κ1) is 22.0. The number of benzene rings is 2. The lowest BCUT2D eigenvalue weighted by molar-refractivity contribution is 0.278. The molecule has 2 fully saturated rings. The van der Waals surface area contributed by atoms with Gasteiger partial charge in [0.2, 0.25) is 0 Å². The number of nitrogens with two attached hydrogens (primary N) is 1. The second-order valence-corrected chi connectivity index (χ2v) is 9.91. The summed E-state index contributed by atoms with van der Waals surface area (Å²) in [6, 6.07) is 18.3. The van der Waals surface area contributed by atoms with Crippen LogP contribution < -0.4 is 10.5 Å². The summed E-state index contributed by atoms with van der Waals surface area (Å²) in [4.78, 5) is 12.1. The van der Waals surface area contributed by atoms with Gasteiger partial charge in [0.05, 0.1) is 0 Å². The summed E-state index contributed by atoms with van der Waals surface area (Å²) in [6.45, 7) is 4.24. The quantitative estimate of drug-likeness (QED) is 0.414. The highest BCUT2D eigenvalue weighted by Crippen LogP contribution is 2.41. The van der Waals surface area contributed by atoms with E-state index < -0.39 is 0 Å². The molecule has 2 aromatic heterocycles. The maximum atomic E-state index is 6.37. The first-order valence-corrected chi connectivity index (χ1v) is 12.7. The Balaban J connectivity index is 1.27. The highest BCUT2D eigenvalue weighted by molar-refractivity contribution is 5.85. The van der Waals surface area contributed by atoms with Crippen LogP contribution in [0, 0.1) is 5.92 Å². The Hall–Kier alpha value is -3.45. The van der Waals surface area contributed by atoms with Gasteiger partial charge in [-0.05, 0) is 68.8 Å². The molecule has 1 aliphatic carbocycles. The molecule has 4 aromatic rings. The lowest BCUT2D eigenvalue weighted by Gasteiger charge is -2.19. The fourth-order valence-electron chi connectivity index (χ4n) is 5.72. The molecule has 7 heteroatoms. The molecule has 0 spiro atoms. The zero-order chi connectivity index (χ0) is 23.6. The summed E-state index contributed by atoms with van der Waals surface area (Å²) in [5.41, 5.74) is 10.1. The Morgan fingerprint density at radius 3 is 2.71 bits per heavy atom. The molecule has 7 nitrogen and oxygen atoms in total. The molecule has 1 saturated carbocycles. The highest BCUT2D eigenvalue weighted by atomic mass is 16.5. The average Bonchev–Trinajstić information content (AvgIpc) is 3.65. The van der Waals surface area contributed by atoms with Gasteiger partial charge in [-0.2, -0.15) is 5.10 Å². The number of nitrogens with zero attached hydrogens (tertiary/aromatic N) is 5. The van der Waals surface area contributed by atoms with Crippen molar-refractivity contribution in [3.63, 3.8) is 0 Å². The van der Waals surface area contributed by atoms with Gasteiger partial charge in [0.1, 0.15) is 35.7 Å². The monoisotopic (exact) mass is 468 g/mol. The molecule has 35 heavy (non-hydrogen) atoms. The molecule has 0 amide bonds. The summed E-state index contributed by atoms with van der Waals surface area (Å²) >= 11 is 0. The normalized spacial score (nSPS) is 20.6. The van der Waals surface area contributed by atoms with Crippen LogP contribution in [0.15, 0.2) is 60.9 Å². The van der Waals surface area contributed by atoms with E-state index in [4.69, 9.17) is 15.5 Å². The Bertz CT molecular complexity index is 1300. The van der Waals surface area contributed by atoms with Crippen LogP contribution >= 0.6 is 0 Å². The summed E-state index contributed by atoms with van der Waals surface area (Å²) in [7, 11) is 0. The van der Waals surface area contributed by atoms with Crippen molar-refractivity contribution in [2.24, 2.45) is 5.92 Å². The molecule has 3 heterocycles. The van der Waals surface area contributed by atoms with Crippen LogP contribution in [0.5, 0.6) is 5.75 Å². The van der Waals surface area contributed by atoms with Crippen molar-refractivity contribution in [3.05, 3.63) is 72.3 Å². The number of nitrogen functional groups attached to an aromatic ring is 1. The fourth-order valence-corrected chi connectivity index (χ4v) is 5.72. The third-order valence-electron chi connectivity index (χ3n) is 7.46. The molecule has 2 aliphatic rings. The predicted octanol–water partition coefficient (Wildman–Crippen LogP) is 4.93. The van der Waals surface area contributed by atoms with Crippen LogP contribution in [0.25, 0.3) is 16.8 Å². The lowest BCUT2D eigenvalue weighted by Crippen LogP contribution is -2.25. The van der Waals surface area contributed by atoms with Crippen molar-refractivity contribution in [1.29, 1.82) is 0 Å². The number of rotatable bonds is 7. The molecule has 1 saturated heterocycles. The zero-order valence-electron chi connectivity index (χ0n) is 20.0. The molecule has 2 atom stereocenters. The number of ether oxygens (including phenoxy) is 1. The number of aromatic nitrogens is 4. The van der Waals surface area contributed by atoms with E-state index in [1.165, 1.54) is 45.2 Å². The van der Waals surface area contributed by atoms with Crippen molar-refractivity contribution in [1.82, 2.24) is 24.5 Å². The van der Waals surface area contributed by atoms with E-state index in [0.717, 1.165) is 52.7 Å². The van der Waals surface area contributed by atoms with E-state index in [0.29, 0.717) is 18.3 Å². The maximum Gasteiger partial charge on any atom is 0.153 e. The minimum Gasteiger partial charge on any atom is -0.489 e. The molecular weight excluding hydrogens is 436 g/mol. The Labute approximate surface area is 206 Å². The van der Waals surface area contributed by atoms with Gasteiger partial charge in [-0.1, -0.05) is 42.5 Å². The van der Waals surface area contributed by atoms with Crippen molar-refractivity contribution < 1.29 is 4.74 Å².